The van der Waals surface area contributed by atoms with E-state index < -0.39 is 0 Å². The number of nitrogens with zero attached hydrogens (tertiary/aromatic N) is 2. The largest absolute Gasteiger partial charge is 0.465 e. The van der Waals surface area contributed by atoms with Crippen molar-refractivity contribution in [2.24, 2.45) is 0 Å². The van der Waals surface area contributed by atoms with Crippen molar-refractivity contribution >= 4 is 5.97 Å². The van der Waals surface area contributed by atoms with Crippen LogP contribution in [0.15, 0.2) is 55.3 Å². The van der Waals surface area contributed by atoms with Crippen molar-refractivity contribution in [3.8, 4) is 0 Å². The lowest BCUT2D eigenvalue weighted by molar-refractivity contribution is -0.148. The van der Waals surface area contributed by atoms with Gasteiger partial charge in [0.05, 0.1) is 6.61 Å². The molecule has 0 aliphatic carbocycles. The molecule has 0 bridgehead atoms. The smallest absolute Gasteiger partial charge is 0.323 e. The third-order valence-corrected chi connectivity index (χ3v) is 4.09. The Morgan fingerprint density at radius 2 is 2.08 bits per heavy atom. The molecule has 25 heavy (non-hydrogen) atoms. The lowest BCUT2D eigenvalue weighted by Gasteiger charge is -2.27. The Morgan fingerprint density at radius 1 is 1.36 bits per heavy atom. The topological polar surface area (TPSA) is 34.5 Å². The Morgan fingerprint density at radius 3 is 2.72 bits per heavy atom. The third kappa shape index (κ3) is 5.29. The van der Waals surface area contributed by atoms with Gasteiger partial charge in [0.15, 0.2) is 0 Å². The number of aromatic nitrogens is 1. The highest BCUT2D eigenvalue weighted by atomic mass is 19.1. The molecule has 0 saturated heterocycles. The molecule has 2 rings (SSSR count). The Kier molecular flexibility index (Phi) is 6.95. The minimum atomic E-state index is -0.355. The predicted octanol–water partition coefficient (Wildman–Crippen LogP) is 3.62. The zero-order valence-electron chi connectivity index (χ0n) is 14.8. The Labute approximate surface area is 148 Å². The normalized spacial score (nSPS) is 12.2. The van der Waals surface area contributed by atoms with Crippen molar-refractivity contribution in [1.29, 1.82) is 0 Å². The van der Waals surface area contributed by atoms with E-state index in [1.165, 1.54) is 12.1 Å². The van der Waals surface area contributed by atoms with E-state index in [1.54, 1.807) is 25.1 Å². The van der Waals surface area contributed by atoms with Gasteiger partial charge in [-0.2, -0.15) is 0 Å². The van der Waals surface area contributed by atoms with Gasteiger partial charge in [-0.1, -0.05) is 18.2 Å². The second-order valence-corrected chi connectivity index (χ2v) is 5.90. The van der Waals surface area contributed by atoms with E-state index in [1.807, 2.05) is 30.2 Å². The summed E-state index contributed by atoms with van der Waals surface area (Å²) in [6, 6.07) is 10.1. The monoisotopic (exact) mass is 344 g/mol. The fraction of sp³-hybridized carbons (Fsp3) is 0.350. The van der Waals surface area contributed by atoms with Gasteiger partial charge in [0, 0.05) is 31.5 Å². The van der Waals surface area contributed by atoms with Crippen LogP contribution in [0.5, 0.6) is 0 Å². The maximum absolute atomic E-state index is 13.1. The number of benzene rings is 1. The van der Waals surface area contributed by atoms with Gasteiger partial charge in [0.1, 0.15) is 11.9 Å². The molecule has 0 N–H and O–H groups in total. The minimum absolute atomic E-state index is 0.235. The Balaban J connectivity index is 2.12. The molecule has 1 heterocycles. The summed E-state index contributed by atoms with van der Waals surface area (Å²) in [6.07, 6.45) is 3.77. The predicted molar refractivity (Wildman–Crippen MR) is 96.6 cm³/mol. The molecule has 0 saturated carbocycles. The summed E-state index contributed by atoms with van der Waals surface area (Å²) in [5.74, 6) is -0.474. The highest BCUT2D eigenvalue weighted by Gasteiger charge is 2.22. The molecule has 134 valence electrons. The van der Waals surface area contributed by atoms with Crippen molar-refractivity contribution in [1.82, 2.24) is 9.47 Å². The summed E-state index contributed by atoms with van der Waals surface area (Å²) >= 11 is 0. The minimum Gasteiger partial charge on any atom is -0.465 e. The van der Waals surface area contributed by atoms with E-state index in [4.69, 9.17) is 4.74 Å². The molecular formula is C20H25FN2O2. The van der Waals surface area contributed by atoms with E-state index in [-0.39, 0.29) is 17.8 Å². The molecule has 4 nitrogen and oxygen atoms in total. The van der Waals surface area contributed by atoms with Gasteiger partial charge in [-0.25, -0.2) is 4.39 Å². The zero-order valence-corrected chi connectivity index (χ0v) is 14.8. The first kappa shape index (κ1) is 18.9. The fourth-order valence-corrected chi connectivity index (χ4v) is 2.68. The average molecular weight is 344 g/mol. The molecule has 0 radical (unpaired) electrons. The van der Waals surface area contributed by atoms with Gasteiger partial charge in [-0.3, -0.25) is 9.69 Å². The number of rotatable bonds is 9. The molecule has 0 spiro atoms. The first-order valence-corrected chi connectivity index (χ1v) is 8.45. The van der Waals surface area contributed by atoms with E-state index >= 15 is 0 Å². The van der Waals surface area contributed by atoms with Gasteiger partial charge in [0.25, 0.3) is 0 Å². The molecular weight excluding hydrogens is 319 g/mol. The molecule has 0 amide bonds. The second kappa shape index (κ2) is 9.18. The zero-order chi connectivity index (χ0) is 18.2. The summed E-state index contributed by atoms with van der Waals surface area (Å²) in [5.41, 5.74) is 2.09. The van der Waals surface area contributed by atoms with Gasteiger partial charge in [-0.15, -0.1) is 6.58 Å². The van der Waals surface area contributed by atoms with Crippen molar-refractivity contribution in [2.75, 3.05) is 13.2 Å². The van der Waals surface area contributed by atoms with Crippen LogP contribution in [0.4, 0.5) is 4.39 Å². The fourth-order valence-electron chi connectivity index (χ4n) is 2.68. The van der Waals surface area contributed by atoms with Crippen molar-refractivity contribution in [3.63, 3.8) is 0 Å². The highest BCUT2D eigenvalue weighted by molar-refractivity contribution is 5.75. The number of esters is 1. The number of ether oxygens (including phenoxy) is 1. The molecule has 0 aliphatic heterocycles. The van der Waals surface area contributed by atoms with Crippen LogP contribution in [0.25, 0.3) is 0 Å². The number of hydrogen-bond donors (Lipinski definition) is 0. The number of carbonyl (C=O) groups excluding carboxylic acids is 1. The Bertz CT molecular complexity index is 694. The van der Waals surface area contributed by atoms with Crippen molar-refractivity contribution in [2.45, 2.75) is 33.0 Å². The summed E-state index contributed by atoms with van der Waals surface area (Å²) in [5, 5.41) is 0. The second-order valence-electron chi connectivity index (χ2n) is 5.90. The lowest BCUT2D eigenvalue weighted by Crippen LogP contribution is -2.40. The number of halogens is 1. The summed E-state index contributed by atoms with van der Waals surface area (Å²) in [7, 11) is 0. The van der Waals surface area contributed by atoms with Crippen LogP contribution < -0.4 is 0 Å². The van der Waals surface area contributed by atoms with Crippen molar-refractivity contribution < 1.29 is 13.9 Å². The van der Waals surface area contributed by atoms with Crippen LogP contribution in [0.2, 0.25) is 0 Å². The molecule has 1 atom stereocenters. The summed E-state index contributed by atoms with van der Waals surface area (Å²) < 4.78 is 20.3. The summed E-state index contributed by atoms with van der Waals surface area (Å²) in [6.45, 7) is 9.62. The first-order valence-electron chi connectivity index (χ1n) is 8.45. The molecule has 1 aromatic heterocycles. The Hall–Kier alpha value is -2.40. The highest BCUT2D eigenvalue weighted by Crippen LogP contribution is 2.14. The standard InChI is InChI=1S/C20H25FN2O2/c1-4-12-22(16(3)20(24)25-5-2)15-19-7-6-13-23(19)14-17-8-10-18(21)11-9-17/h4,6-11,13,16H,1,5,12,14-15H2,2-3H3. The van der Waals surface area contributed by atoms with E-state index in [0.29, 0.717) is 26.2 Å². The van der Waals surface area contributed by atoms with E-state index in [0.717, 1.165) is 11.3 Å². The van der Waals surface area contributed by atoms with Crippen LogP contribution in [0.3, 0.4) is 0 Å². The van der Waals surface area contributed by atoms with Gasteiger partial charge >= 0.3 is 5.97 Å². The van der Waals surface area contributed by atoms with Crippen LogP contribution in [-0.2, 0) is 22.6 Å². The van der Waals surface area contributed by atoms with Gasteiger partial charge < -0.3 is 9.30 Å². The van der Waals surface area contributed by atoms with Crippen LogP contribution >= 0.6 is 0 Å². The van der Waals surface area contributed by atoms with Gasteiger partial charge in [-0.05, 0) is 43.7 Å². The molecule has 0 fully saturated rings. The molecule has 1 unspecified atom stereocenters. The van der Waals surface area contributed by atoms with Crippen LogP contribution in [0.1, 0.15) is 25.1 Å². The SMILES string of the molecule is C=CCN(Cc1cccn1Cc1ccc(F)cc1)C(C)C(=O)OCC. The average Bonchev–Trinajstić information content (AvgIpc) is 3.03. The number of hydrogen-bond acceptors (Lipinski definition) is 3. The maximum Gasteiger partial charge on any atom is 0.323 e. The molecule has 0 aliphatic rings. The quantitative estimate of drug-likeness (QED) is 0.515. The third-order valence-electron chi connectivity index (χ3n) is 4.09. The first-order chi connectivity index (χ1) is 12.0. The van der Waals surface area contributed by atoms with Gasteiger partial charge in [0.2, 0.25) is 0 Å². The van der Waals surface area contributed by atoms with Crippen LogP contribution in [-0.4, -0.2) is 34.6 Å². The maximum atomic E-state index is 13.1. The van der Waals surface area contributed by atoms with E-state index in [9.17, 15) is 9.18 Å². The number of carbonyl (C=O) groups is 1. The van der Waals surface area contributed by atoms with Crippen molar-refractivity contribution in [3.05, 3.63) is 72.3 Å². The summed E-state index contributed by atoms with van der Waals surface area (Å²) in [4.78, 5) is 14.1. The molecule has 1 aromatic carbocycles. The van der Waals surface area contributed by atoms with E-state index in [2.05, 4.69) is 11.1 Å². The molecule has 5 heteroatoms. The molecule has 2 aromatic rings. The lowest BCUT2D eigenvalue weighted by atomic mass is 10.2. The van der Waals surface area contributed by atoms with Crippen LogP contribution in [0, 0.1) is 5.82 Å².